The van der Waals surface area contributed by atoms with Gasteiger partial charge in [0.2, 0.25) is 0 Å². The van der Waals surface area contributed by atoms with Crippen molar-refractivity contribution in [1.82, 2.24) is 15.2 Å². The van der Waals surface area contributed by atoms with Gasteiger partial charge >= 0.3 is 0 Å². The van der Waals surface area contributed by atoms with E-state index in [1.165, 1.54) is 48.8 Å². The number of aromatic amines is 1. The van der Waals surface area contributed by atoms with Gasteiger partial charge in [-0.2, -0.15) is 0 Å². The van der Waals surface area contributed by atoms with Gasteiger partial charge in [0.25, 0.3) is 0 Å². The molecule has 20 heavy (non-hydrogen) atoms. The van der Waals surface area contributed by atoms with Crippen molar-refractivity contribution in [2.75, 3.05) is 26.7 Å². The lowest BCUT2D eigenvalue weighted by molar-refractivity contribution is 0.211. The highest BCUT2D eigenvalue weighted by Crippen LogP contribution is 2.19. The van der Waals surface area contributed by atoms with Crippen molar-refractivity contribution in [1.29, 1.82) is 0 Å². The largest absolute Gasteiger partial charge is 0.361 e. The van der Waals surface area contributed by atoms with Crippen LogP contribution in [0, 0.1) is 5.92 Å². The van der Waals surface area contributed by atoms with Crippen LogP contribution < -0.4 is 5.32 Å². The second kappa shape index (κ2) is 6.42. The molecular weight excluding hydrogens is 246 g/mol. The standard InChI is InChI=1S/C17H25N3/c1-20-10-6-14(7-11-20)4-8-18-13-15-2-3-16-5-9-19-17(16)12-15/h2-3,5,9,12,14,18-19H,4,6-8,10-11,13H2,1H3. The number of nitrogens with zero attached hydrogens (tertiary/aromatic N) is 1. The summed E-state index contributed by atoms with van der Waals surface area (Å²) in [5.41, 5.74) is 2.60. The fourth-order valence-corrected chi connectivity index (χ4v) is 3.09. The Labute approximate surface area is 121 Å². The summed E-state index contributed by atoms with van der Waals surface area (Å²) in [6, 6.07) is 8.78. The normalized spacial score (nSPS) is 17.9. The van der Waals surface area contributed by atoms with Gasteiger partial charge in [-0.25, -0.2) is 0 Å². The summed E-state index contributed by atoms with van der Waals surface area (Å²) in [5, 5.41) is 4.88. The Kier molecular flexibility index (Phi) is 4.38. The van der Waals surface area contributed by atoms with E-state index in [0.717, 1.165) is 19.0 Å². The Bertz CT molecular complexity index is 538. The summed E-state index contributed by atoms with van der Waals surface area (Å²) < 4.78 is 0. The van der Waals surface area contributed by atoms with Crippen molar-refractivity contribution in [2.45, 2.75) is 25.8 Å². The minimum atomic E-state index is 0.921. The van der Waals surface area contributed by atoms with Crippen LogP contribution in [-0.2, 0) is 6.54 Å². The third-order valence-electron chi connectivity index (χ3n) is 4.52. The minimum absolute atomic E-state index is 0.921. The number of hydrogen-bond acceptors (Lipinski definition) is 2. The SMILES string of the molecule is CN1CCC(CCNCc2ccc3cc[nH]c3c2)CC1. The van der Waals surface area contributed by atoms with Gasteiger partial charge in [-0.15, -0.1) is 0 Å². The number of H-pyrrole nitrogens is 1. The number of rotatable bonds is 5. The van der Waals surface area contributed by atoms with Crippen molar-refractivity contribution in [3.8, 4) is 0 Å². The van der Waals surface area contributed by atoms with E-state index in [1.807, 2.05) is 6.20 Å². The van der Waals surface area contributed by atoms with Crippen molar-refractivity contribution in [2.24, 2.45) is 5.92 Å². The zero-order valence-electron chi connectivity index (χ0n) is 12.4. The Morgan fingerprint density at radius 1 is 1.25 bits per heavy atom. The molecular formula is C17H25N3. The highest BCUT2D eigenvalue weighted by atomic mass is 15.1. The molecule has 3 nitrogen and oxygen atoms in total. The summed E-state index contributed by atoms with van der Waals surface area (Å²) in [6.45, 7) is 4.65. The molecule has 0 atom stereocenters. The predicted molar refractivity (Wildman–Crippen MR) is 84.8 cm³/mol. The first-order chi connectivity index (χ1) is 9.81. The Morgan fingerprint density at radius 3 is 2.95 bits per heavy atom. The smallest absolute Gasteiger partial charge is 0.0457 e. The number of benzene rings is 1. The molecule has 1 saturated heterocycles. The minimum Gasteiger partial charge on any atom is -0.361 e. The molecule has 0 aliphatic carbocycles. The van der Waals surface area contributed by atoms with Crippen molar-refractivity contribution < 1.29 is 0 Å². The van der Waals surface area contributed by atoms with E-state index in [4.69, 9.17) is 0 Å². The number of fused-ring (bicyclic) bond motifs is 1. The van der Waals surface area contributed by atoms with Gasteiger partial charge in [0, 0.05) is 18.3 Å². The van der Waals surface area contributed by atoms with E-state index in [2.05, 4.69) is 46.5 Å². The number of likely N-dealkylation sites (tertiary alicyclic amines) is 1. The highest BCUT2D eigenvalue weighted by Gasteiger charge is 2.15. The molecule has 1 aliphatic rings. The lowest BCUT2D eigenvalue weighted by atomic mass is 9.94. The molecule has 1 aromatic carbocycles. The second-order valence-electron chi connectivity index (χ2n) is 6.11. The molecule has 2 N–H and O–H groups in total. The van der Waals surface area contributed by atoms with Gasteiger partial charge in [0.15, 0.2) is 0 Å². The average molecular weight is 271 g/mol. The van der Waals surface area contributed by atoms with Gasteiger partial charge in [0.1, 0.15) is 0 Å². The van der Waals surface area contributed by atoms with Crippen LogP contribution in [0.2, 0.25) is 0 Å². The van der Waals surface area contributed by atoms with Crippen LogP contribution in [0.4, 0.5) is 0 Å². The number of aromatic nitrogens is 1. The Hall–Kier alpha value is -1.32. The second-order valence-corrected chi connectivity index (χ2v) is 6.11. The molecule has 2 aromatic rings. The summed E-state index contributed by atoms with van der Waals surface area (Å²) >= 11 is 0. The van der Waals surface area contributed by atoms with E-state index in [9.17, 15) is 0 Å². The Morgan fingerprint density at radius 2 is 2.10 bits per heavy atom. The van der Waals surface area contributed by atoms with Crippen LogP contribution in [0.25, 0.3) is 10.9 Å². The van der Waals surface area contributed by atoms with Gasteiger partial charge in [-0.05, 0) is 74.9 Å². The molecule has 1 fully saturated rings. The molecule has 108 valence electrons. The van der Waals surface area contributed by atoms with Crippen molar-refractivity contribution in [3.63, 3.8) is 0 Å². The van der Waals surface area contributed by atoms with Crippen LogP contribution in [0.3, 0.4) is 0 Å². The topological polar surface area (TPSA) is 31.1 Å². The number of piperidine rings is 1. The van der Waals surface area contributed by atoms with E-state index < -0.39 is 0 Å². The summed E-state index contributed by atoms with van der Waals surface area (Å²) in [5.74, 6) is 0.921. The average Bonchev–Trinajstić information content (AvgIpc) is 2.93. The van der Waals surface area contributed by atoms with E-state index in [0.29, 0.717) is 0 Å². The first kappa shape index (κ1) is 13.7. The quantitative estimate of drug-likeness (QED) is 0.819. The molecule has 0 bridgehead atoms. The van der Waals surface area contributed by atoms with Crippen molar-refractivity contribution >= 4 is 10.9 Å². The Balaban J connectivity index is 1.41. The summed E-state index contributed by atoms with van der Waals surface area (Å²) in [6.07, 6.45) is 6.06. The third-order valence-corrected chi connectivity index (χ3v) is 4.52. The van der Waals surface area contributed by atoms with Crippen LogP contribution in [0.15, 0.2) is 30.5 Å². The van der Waals surface area contributed by atoms with Crippen LogP contribution in [0.1, 0.15) is 24.8 Å². The van der Waals surface area contributed by atoms with Gasteiger partial charge < -0.3 is 15.2 Å². The maximum atomic E-state index is 3.59. The fourth-order valence-electron chi connectivity index (χ4n) is 3.09. The molecule has 0 amide bonds. The molecule has 0 unspecified atom stereocenters. The zero-order valence-corrected chi connectivity index (χ0v) is 12.4. The van der Waals surface area contributed by atoms with Crippen LogP contribution in [-0.4, -0.2) is 36.6 Å². The molecule has 2 heterocycles. The third kappa shape index (κ3) is 3.41. The lowest BCUT2D eigenvalue weighted by Crippen LogP contribution is -2.31. The van der Waals surface area contributed by atoms with Gasteiger partial charge in [0.05, 0.1) is 0 Å². The van der Waals surface area contributed by atoms with Crippen molar-refractivity contribution in [3.05, 3.63) is 36.0 Å². The number of nitrogens with one attached hydrogen (secondary N) is 2. The predicted octanol–water partition coefficient (Wildman–Crippen LogP) is 2.99. The summed E-state index contributed by atoms with van der Waals surface area (Å²) in [4.78, 5) is 5.71. The van der Waals surface area contributed by atoms with E-state index >= 15 is 0 Å². The first-order valence-corrected chi connectivity index (χ1v) is 7.76. The fraction of sp³-hybridized carbons (Fsp3) is 0.529. The zero-order chi connectivity index (χ0) is 13.8. The molecule has 1 aromatic heterocycles. The molecule has 0 spiro atoms. The maximum Gasteiger partial charge on any atom is 0.0457 e. The first-order valence-electron chi connectivity index (χ1n) is 7.76. The van der Waals surface area contributed by atoms with Crippen LogP contribution in [0.5, 0.6) is 0 Å². The molecule has 0 radical (unpaired) electrons. The van der Waals surface area contributed by atoms with E-state index in [-0.39, 0.29) is 0 Å². The van der Waals surface area contributed by atoms with Gasteiger partial charge in [-0.3, -0.25) is 0 Å². The lowest BCUT2D eigenvalue weighted by Gasteiger charge is -2.28. The molecule has 1 aliphatic heterocycles. The van der Waals surface area contributed by atoms with Crippen LogP contribution >= 0.6 is 0 Å². The molecule has 3 heteroatoms. The molecule has 0 saturated carbocycles. The monoisotopic (exact) mass is 271 g/mol. The van der Waals surface area contributed by atoms with Gasteiger partial charge in [-0.1, -0.05) is 12.1 Å². The van der Waals surface area contributed by atoms with E-state index in [1.54, 1.807) is 0 Å². The number of hydrogen-bond donors (Lipinski definition) is 2. The maximum absolute atomic E-state index is 3.59. The molecule has 3 rings (SSSR count). The highest BCUT2D eigenvalue weighted by molar-refractivity contribution is 5.79. The summed E-state index contributed by atoms with van der Waals surface area (Å²) in [7, 11) is 2.23.